The van der Waals surface area contributed by atoms with Crippen LogP contribution in [0, 0.1) is 5.92 Å². The second kappa shape index (κ2) is 7.74. The van der Waals surface area contributed by atoms with Crippen molar-refractivity contribution in [1.82, 2.24) is 10.6 Å². The summed E-state index contributed by atoms with van der Waals surface area (Å²) in [6, 6.07) is -1.31. The lowest BCUT2D eigenvalue weighted by Gasteiger charge is -2.14. The Hall–Kier alpha value is -1.52. The van der Waals surface area contributed by atoms with Crippen LogP contribution in [0.5, 0.6) is 0 Å². The predicted molar refractivity (Wildman–Crippen MR) is 69.3 cm³/mol. The van der Waals surface area contributed by atoms with Crippen molar-refractivity contribution in [2.24, 2.45) is 5.92 Å². The van der Waals surface area contributed by atoms with Crippen LogP contribution in [-0.2, 0) is 4.79 Å². The molecule has 3 N–H and O–H groups in total. The van der Waals surface area contributed by atoms with Gasteiger partial charge in [-0.25, -0.2) is 9.59 Å². The zero-order chi connectivity index (χ0) is 13.4. The van der Waals surface area contributed by atoms with Gasteiger partial charge in [0.05, 0.1) is 0 Å². The molecule has 0 radical (unpaired) electrons. The van der Waals surface area contributed by atoms with Crippen LogP contribution in [0.15, 0.2) is 12.7 Å². The summed E-state index contributed by atoms with van der Waals surface area (Å²) in [7, 11) is 0. The molecule has 0 aromatic rings. The summed E-state index contributed by atoms with van der Waals surface area (Å²) >= 11 is 0. The first-order chi connectivity index (χ1) is 8.63. The monoisotopic (exact) mass is 254 g/mol. The molecule has 2 amide bonds. The Balaban J connectivity index is 2.18. The minimum absolute atomic E-state index is 0.228. The number of carbonyl (C=O) groups is 2. The Morgan fingerprint density at radius 1 is 1.39 bits per heavy atom. The van der Waals surface area contributed by atoms with Gasteiger partial charge in [0.2, 0.25) is 0 Å². The van der Waals surface area contributed by atoms with Crippen molar-refractivity contribution in [2.45, 2.75) is 44.6 Å². The zero-order valence-corrected chi connectivity index (χ0v) is 10.7. The number of carboxylic acid groups (broad SMARTS) is 1. The standard InChI is InChI=1S/C13H22N2O3/c1-2-5-11(12(16)17)15-13(18)14-9-8-10-6-3-4-7-10/h2,10-11H,1,3-9H2,(H,16,17)(H2,14,15,18). The van der Waals surface area contributed by atoms with Gasteiger partial charge in [-0.1, -0.05) is 31.8 Å². The van der Waals surface area contributed by atoms with E-state index >= 15 is 0 Å². The maximum absolute atomic E-state index is 11.5. The topological polar surface area (TPSA) is 78.4 Å². The van der Waals surface area contributed by atoms with Crippen LogP contribution >= 0.6 is 0 Å². The number of aliphatic carboxylic acids is 1. The maximum atomic E-state index is 11.5. The van der Waals surface area contributed by atoms with E-state index in [0.717, 1.165) is 6.42 Å². The number of rotatable bonds is 7. The van der Waals surface area contributed by atoms with Gasteiger partial charge >= 0.3 is 12.0 Å². The molecule has 5 heteroatoms. The molecular weight excluding hydrogens is 232 g/mol. The molecule has 1 saturated carbocycles. The Bertz CT molecular complexity index is 299. The van der Waals surface area contributed by atoms with Gasteiger partial charge in [-0.15, -0.1) is 6.58 Å². The molecule has 1 unspecified atom stereocenters. The second-order valence-corrected chi connectivity index (χ2v) is 4.75. The number of hydrogen-bond acceptors (Lipinski definition) is 2. The van der Waals surface area contributed by atoms with Crippen molar-refractivity contribution in [3.05, 3.63) is 12.7 Å². The van der Waals surface area contributed by atoms with Gasteiger partial charge in [0.15, 0.2) is 0 Å². The summed E-state index contributed by atoms with van der Waals surface area (Å²) in [5, 5.41) is 14.0. The Morgan fingerprint density at radius 3 is 2.61 bits per heavy atom. The lowest BCUT2D eigenvalue weighted by Crippen LogP contribution is -2.46. The molecule has 0 spiro atoms. The average Bonchev–Trinajstić information content (AvgIpc) is 2.81. The van der Waals surface area contributed by atoms with Crippen molar-refractivity contribution in [2.75, 3.05) is 6.54 Å². The molecule has 0 saturated heterocycles. The van der Waals surface area contributed by atoms with Crippen molar-refractivity contribution < 1.29 is 14.7 Å². The zero-order valence-electron chi connectivity index (χ0n) is 10.7. The highest BCUT2D eigenvalue weighted by atomic mass is 16.4. The van der Waals surface area contributed by atoms with E-state index in [2.05, 4.69) is 17.2 Å². The summed E-state index contributed by atoms with van der Waals surface area (Å²) in [6.45, 7) is 4.08. The van der Waals surface area contributed by atoms with Gasteiger partial charge in [0.1, 0.15) is 6.04 Å². The van der Waals surface area contributed by atoms with Crippen LogP contribution in [0.4, 0.5) is 4.79 Å². The highest BCUT2D eigenvalue weighted by Gasteiger charge is 2.18. The van der Waals surface area contributed by atoms with Crippen LogP contribution in [0.3, 0.4) is 0 Å². The molecule has 5 nitrogen and oxygen atoms in total. The normalized spacial score (nSPS) is 17.1. The molecule has 1 aliphatic carbocycles. The second-order valence-electron chi connectivity index (χ2n) is 4.75. The van der Waals surface area contributed by atoms with E-state index in [9.17, 15) is 9.59 Å². The quantitative estimate of drug-likeness (QED) is 0.607. The summed E-state index contributed by atoms with van der Waals surface area (Å²) in [6.07, 6.45) is 7.76. The molecule has 0 heterocycles. The molecule has 102 valence electrons. The van der Waals surface area contributed by atoms with Gasteiger partial charge in [0, 0.05) is 6.54 Å². The number of carboxylic acids is 1. The fourth-order valence-corrected chi connectivity index (χ4v) is 2.29. The third-order valence-electron chi connectivity index (χ3n) is 3.32. The largest absolute Gasteiger partial charge is 0.480 e. The van der Waals surface area contributed by atoms with E-state index in [1.165, 1.54) is 31.8 Å². The Morgan fingerprint density at radius 2 is 2.06 bits per heavy atom. The number of carbonyl (C=O) groups excluding carboxylic acids is 1. The van der Waals surface area contributed by atoms with Crippen molar-refractivity contribution >= 4 is 12.0 Å². The molecule has 18 heavy (non-hydrogen) atoms. The minimum Gasteiger partial charge on any atom is -0.480 e. The molecule has 0 aromatic heterocycles. The Kier molecular flexibility index (Phi) is 6.25. The van der Waals surface area contributed by atoms with Gasteiger partial charge in [-0.3, -0.25) is 0 Å². The van der Waals surface area contributed by atoms with Crippen LogP contribution in [0.2, 0.25) is 0 Å². The number of amides is 2. The first-order valence-electron chi connectivity index (χ1n) is 6.51. The number of hydrogen-bond donors (Lipinski definition) is 3. The third kappa shape index (κ3) is 5.21. The highest BCUT2D eigenvalue weighted by molar-refractivity contribution is 5.82. The van der Waals surface area contributed by atoms with E-state index in [1.54, 1.807) is 0 Å². The average molecular weight is 254 g/mol. The number of urea groups is 1. The molecule has 0 bridgehead atoms. The summed E-state index contributed by atoms with van der Waals surface area (Å²) in [4.78, 5) is 22.3. The van der Waals surface area contributed by atoms with E-state index in [4.69, 9.17) is 5.11 Å². The molecule has 1 atom stereocenters. The van der Waals surface area contributed by atoms with Gasteiger partial charge < -0.3 is 15.7 Å². The SMILES string of the molecule is C=CCC(NC(=O)NCCC1CCCC1)C(=O)O. The van der Waals surface area contributed by atoms with Crippen LogP contribution in [0.1, 0.15) is 38.5 Å². The lowest BCUT2D eigenvalue weighted by molar-refractivity contribution is -0.139. The van der Waals surface area contributed by atoms with Crippen LogP contribution in [0.25, 0.3) is 0 Å². The Labute approximate surface area is 108 Å². The summed E-state index contributed by atoms with van der Waals surface area (Å²) in [5.74, 6) is -0.324. The molecule has 1 fully saturated rings. The maximum Gasteiger partial charge on any atom is 0.326 e. The van der Waals surface area contributed by atoms with Gasteiger partial charge in [-0.05, 0) is 18.8 Å². The molecule has 0 aliphatic heterocycles. The molecule has 1 aliphatic rings. The van der Waals surface area contributed by atoms with Crippen molar-refractivity contribution in [1.29, 1.82) is 0 Å². The van der Waals surface area contributed by atoms with E-state index < -0.39 is 18.0 Å². The first kappa shape index (κ1) is 14.5. The van der Waals surface area contributed by atoms with Gasteiger partial charge in [-0.2, -0.15) is 0 Å². The molecule has 1 rings (SSSR count). The smallest absolute Gasteiger partial charge is 0.326 e. The highest BCUT2D eigenvalue weighted by Crippen LogP contribution is 2.26. The fraction of sp³-hybridized carbons (Fsp3) is 0.692. The summed E-state index contributed by atoms with van der Waals surface area (Å²) < 4.78 is 0. The molecule has 0 aromatic carbocycles. The number of nitrogens with one attached hydrogen (secondary N) is 2. The van der Waals surface area contributed by atoms with Crippen molar-refractivity contribution in [3.8, 4) is 0 Å². The van der Waals surface area contributed by atoms with Crippen LogP contribution < -0.4 is 10.6 Å². The van der Waals surface area contributed by atoms with E-state index in [1.807, 2.05) is 0 Å². The van der Waals surface area contributed by atoms with Gasteiger partial charge in [0.25, 0.3) is 0 Å². The molecular formula is C13H22N2O3. The minimum atomic E-state index is -1.04. The first-order valence-corrected chi connectivity index (χ1v) is 6.51. The third-order valence-corrected chi connectivity index (χ3v) is 3.32. The van der Waals surface area contributed by atoms with Crippen LogP contribution in [-0.4, -0.2) is 29.7 Å². The lowest BCUT2D eigenvalue weighted by atomic mass is 10.0. The van der Waals surface area contributed by atoms with Crippen molar-refractivity contribution in [3.63, 3.8) is 0 Å². The predicted octanol–water partition coefficient (Wildman–Crippen LogP) is 1.90. The van der Waals surface area contributed by atoms with E-state index in [0.29, 0.717) is 12.5 Å². The fourth-order valence-electron chi connectivity index (χ4n) is 2.29. The van der Waals surface area contributed by atoms with E-state index in [-0.39, 0.29) is 6.42 Å². The summed E-state index contributed by atoms with van der Waals surface area (Å²) in [5.41, 5.74) is 0.